The molecule has 0 saturated heterocycles. The van der Waals surface area contributed by atoms with E-state index in [1.165, 1.54) is 0 Å². The maximum Gasteiger partial charge on any atom is 0.142 e. The lowest BCUT2D eigenvalue weighted by Gasteiger charge is -2.17. The van der Waals surface area contributed by atoms with Gasteiger partial charge in [0.05, 0.1) is 11.1 Å². The van der Waals surface area contributed by atoms with Crippen LogP contribution >= 0.6 is 11.6 Å². The quantitative estimate of drug-likeness (QED) is 0.864. The molecule has 0 fully saturated rings. The van der Waals surface area contributed by atoms with Crippen molar-refractivity contribution in [2.45, 2.75) is 6.04 Å². The first-order valence-electron chi connectivity index (χ1n) is 5.35. The third-order valence-electron chi connectivity index (χ3n) is 2.66. The van der Waals surface area contributed by atoms with E-state index in [0.717, 1.165) is 17.7 Å². The zero-order valence-electron chi connectivity index (χ0n) is 9.62. The Hall–Kier alpha value is -1.52. The number of benzene rings is 1. The van der Waals surface area contributed by atoms with E-state index < -0.39 is 17.7 Å². The fourth-order valence-corrected chi connectivity index (χ4v) is 1.96. The van der Waals surface area contributed by atoms with Gasteiger partial charge in [-0.2, -0.15) is 0 Å². The molecule has 0 bridgehead atoms. The molecule has 94 valence electrons. The summed E-state index contributed by atoms with van der Waals surface area (Å²) in [5.74, 6) is -1.19. The van der Waals surface area contributed by atoms with Crippen LogP contribution in [-0.2, 0) is 0 Å². The number of nitrogens with one attached hydrogen (secondary N) is 1. The molecule has 0 amide bonds. The fraction of sp³-hybridized carbons (Fsp3) is 0.154. The number of rotatable bonds is 3. The molecule has 1 N–H and O–H groups in total. The Morgan fingerprint density at radius 1 is 1.28 bits per heavy atom. The van der Waals surface area contributed by atoms with Crippen LogP contribution in [0.3, 0.4) is 0 Å². The monoisotopic (exact) mass is 268 g/mol. The molecule has 0 spiro atoms. The van der Waals surface area contributed by atoms with Gasteiger partial charge in [-0.1, -0.05) is 17.7 Å². The zero-order chi connectivity index (χ0) is 13.1. The van der Waals surface area contributed by atoms with Crippen molar-refractivity contribution in [2.75, 3.05) is 7.05 Å². The molecule has 0 aliphatic rings. The maximum atomic E-state index is 13.8. The van der Waals surface area contributed by atoms with Gasteiger partial charge in [-0.3, -0.25) is 4.98 Å². The Bertz CT molecular complexity index is 546. The van der Waals surface area contributed by atoms with Gasteiger partial charge in [-0.05, 0) is 30.8 Å². The molecule has 5 heteroatoms. The summed E-state index contributed by atoms with van der Waals surface area (Å²) in [5.41, 5.74) is 0.952. The van der Waals surface area contributed by atoms with Gasteiger partial charge < -0.3 is 5.32 Å². The van der Waals surface area contributed by atoms with E-state index in [9.17, 15) is 8.78 Å². The third kappa shape index (κ3) is 2.49. The van der Waals surface area contributed by atoms with Gasteiger partial charge in [-0.15, -0.1) is 0 Å². The Labute approximate surface area is 109 Å². The highest BCUT2D eigenvalue weighted by Gasteiger charge is 2.18. The molecule has 1 atom stereocenters. The number of nitrogens with zero attached hydrogens (tertiary/aromatic N) is 1. The highest BCUT2D eigenvalue weighted by Crippen LogP contribution is 2.27. The molecule has 18 heavy (non-hydrogen) atoms. The molecule has 0 radical (unpaired) electrons. The summed E-state index contributed by atoms with van der Waals surface area (Å²) < 4.78 is 27.3. The highest BCUT2D eigenvalue weighted by molar-refractivity contribution is 6.30. The van der Waals surface area contributed by atoms with Crippen LogP contribution in [0, 0.1) is 11.6 Å². The SMILES string of the molecule is CNC(c1cccnc1)c1cc(F)c(Cl)cc1F. The first kappa shape index (κ1) is 12.9. The predicted octanol–water partition coefficient (Wildman–Crippen LogP) is 3.32. The van der Waals surface area contributed by atoms with Crippen LogP contribution < -0.4 is 5.32 Å². The first-order chi connectivity index (χ1) is 8.63. The summed E-state index contributed by atoms with van der Waals surface area (Å²) in [5, 5.41) is 2.71. The number of hydrogen-bond donors (Lipinski definition) is 1. The normalized spacial score (nSPS) is 12.4. The van der Waals surface area contributed by atoms with Crippen LogP contribution in [0.25, 0.3) is 0 Å². The van der Waals surface area contributed by atoms with Crippen molar-refractivity contribution in [3.63, 3.8) is 0 Å². The molecule has 1 aromatic heterocycles. The average Bonchev–Trinajstić information content (AvgIpc) is 2.38. The van der Waals surface area contributed by atoms with Crippen LogP contribution in [0.15, 0.2) is 36.7 Å². The van der Waals surface area contributed by atoms with E-state index in [-0.39, 0.29) is 10.6 Å². The van der Waals surface area contributed by atoms with E-state index in [4.69, 9.17) is 11.6 Å². The summed E-state index contributed by atoms with van der Waals surface area (Å²) >= 11 is 5.53. The van der Waals surface area contributed by atoms with Crippen molar-refractivity contribution in [3.05, 3.63) is 64.4 Å². The molecular formula is C13H11ClF2N2. The van der Waals surface area contributed by atoms with Crippen molar-refractivity contribution in [2.24, 2.45) is 0 Å². The standard InChI is InChI=1S/C13H11ClF2N2/c1-17-13(8-3-2-4-18-7-8)9-5-12(16)10(14)6-11(9)15/h2-7,13,17H,1H3. The van der Waals surface area contributed by atoms with Crippen LogP contribution in [0.1, 0.15) is 17.2 Å². The topological polar surface area (TPSA) is 24.9 Å². The van der Waals surface area contributed by atoms with Crippen molar-refractivity contribution in [1.82, 2.24) is 10.3 Å². The highest BCUT2D eigenvalue weighted by atomic mass is 35.5. The van der Waals surface area contributed by atoms with Crippen LogP contribution in [0.5, 0.6) is 0 Å². The minimum Gasteiger partial charge on any atom is -0.309 e. The van der Waals surface area contributed by atoms with Crippen LogP contribution in [0.2, 0.25) is 5.02 Å². The van der Waals surface area contributed by atoms with Gasteiger partial charge in [0.1, 0.15) is 11.6 Å². The Morgan fingerprint density at radius 3 is 2.67 bits per heavy atom. The van der Waals surface area contributed by atoms with Crippen molar-refractivity contribution in [3.8, 4) is 0 Å². The van der Waals surface area contributed by atoms with Crippen LogP contribution in [0.4, 0.5) is 8.78 Å². The van der Waals surface area contributed by atoms with Crippen LogP contribution in [-0.4, -0.2) is 12.0 Å². The lowest BCUT2D eigenvalue weighted by atomic mass is 10.00. The van der Waals surface area contributed by atoms with E-state index in [0.29, 0.717) is 0 Å². The molecule has 0 aliphatic carbocycles. The lowest BCUT2D eigenvalue weighted by Crippen LogP contribution is -2.19. The summed E-state index contributed by atoms with van der Waals surface area (Å²) in [6, 6.07) is 5.15. The smallest absolute Gasteiger partial charge is 0.142 e. The molecule has 2 aromatic rings. The summed E-state index contributed by atoms with van der Waals surface area (Å²) in [4.78, 5) is 3.97. The van der Waals surface area contributed by atoms with Gasteiger partial charge >= 0.3 is 0 Å². The van der Waals surface area contributed by atoms with Gasteiger partial charge in [0.2, 0.25) is 0 Å². The van der Waals surface area contributed by atoms with Crippen molar-refractivity contribution >= 4 is 11.6 Å². The van der Waals surface area contributed by atoms with Crippen molar-refractivity contribution in [1.29, 1.82) is 0 Å². The minimum atomic E-state index is -0.641. The lowest BCUT2D eigenvalue weighted by molar-refractivity contribution is 0.558. The molecule has 0 saturated carbocycles. The first-order valence-corrected chi connectivity index (χ1v) is 5.73. The average molecular weight is 269 g/mol. The maximum absolute atomic E-state index is 13.8. The number of hydrogen-bond acceptors (Lipinski definition) is 2. The van der Waals surface area contributed by atoms with E-state index in [2.05, 4.69) is 10.3 Å². The largest absolute Gasteiger partial charge is 0.309 e. The molecular weight excluding hydrogens is 258 g/mol. The van der Waals surface area contributed by atoms with E-state index >= 15 is 0 Å². The van der Waals surface area contributed by atoms with Gasteiger partial charge in [-0.25, -0.2) is 8.78 Å². The second kappa shape index (κ2) is 5.42. The van der Waals surface area contributed by atoms with Crippen molar-refractivity contribution < 1.29 is 8.78 Å². The Kier molecular flexibility index (Phi) is 3.89. The molecule has 1 unspecified atom stereocenters. The molecule has 1 aromatic carbocycles. The predicted molar refractivity (Wildman–Crippen MR) is 66.5 cm³/mol. The molecule has 2 nitrogen and oxygen atoms in total. The Balaban J connectivity index is 2.49. The van der Waals surface area contributed by atoms with Gasteiger partial charge in [0.15, 0.2) is 0 Å². The minimum absolute atomic E-state index is 0.201. The van der Waals surface area contributed by atoms with Gasteiger partial charge in [0.25, 0.3) is 0 Å². The fourth-order valence-electron chi connectivity index (χ4n) is 1.81. The second-order valence-corrected chi connectivity index (χ2v) is 4.20. The summed E-state index contributed by atoms with van der Waals surface area (Å²) in [6.07, 6.45) is 3.22. The summed E-state index contributed by atoms with van der Waals surface area (Å²) in [7, 11) is 1.67. The third-order valence-corrected chi connectivity index (χ3v) is 2.95. The summed E-state index contributed by atoms with van der Waals surface area (Å²) in [6.45, 7) is 0. The number of aromatic nitrogens is 1. The van der Waals surface area contributed by atoms with E-state index in [1.807, 2.05) is 0 Å². The number of pyridine rings is 1. The Morgan fingerprint density at radius 2 is 2.06 bits per heavy atom. The van der Waals surface area contributed by atoms with Gasteiger partial charge in [0, 0.05) is 18.0 Å². The molecule has 1 heterocycles. The molecule has 2 rings (SSSR count). The number of halogens is 3. The second-order valence-electron chi connectivity index (χ2n) is 3.80. The molecule has 0 aliphatic heterocycles. The zero-order valence-corrected chi connectivity index (χ0v) is 10.4. The van der Waals surface area contributed by atoms with E-state index in [1.54, 1.807) is 31.6 Å².